The number of rotatable bonds is 9. The van der Waals surface area contributed by atoms with E-state index in [9.17, 15) is 4.79 Å². The van der Waals surface area contributed by atoms with Crippen LogP contribution in [0, 0.1) is 0 Å². The Morgan fingerprint density at radius 2 is 1.89 bits per heavy atom. The van der Waals surface area contributed by atoms with Crippen molar-refractivity contribution in [1.82, 2.24) is 0 Å². The lowest BCUT2D eigenvalue weighted by molar-refractivity contribution is 0.0697. The highest BCUT2D eigenvalue weighted by atomic mass is 35.5. The van der Waals surface area contributed by atoms with Crippen molar-refractivity contribution in [2.24, 2.45) is 4.99 Å². The number of carbonyl (C=O) groups is 1. The zero-order valence-electron chi connectivity index (χ0n) is 14.8. The number of aliphatic imine (C=N–C) groups is 1. The van der Waals surface area contributed by atoms with Crippen LogP contribution in [0.3, 0.4) is 0 Å². The quantitative estimate of drug-likeness (QED) is 0.455. The molecule has 27 heavy (non-hydrogen) atoms. The average molecular weight is 432 g/mol. The fourth-order valence-corrected chi connectivity index (χ4v) is 2.87. The zero-order valence-corrected chi connectivity index (χ0v) is 17.1. The van der Waals surface area contributed by atoms with Crippen LogP contribution in [-0.2, 0) is 0 Å². The van der Waals surface area contributed by atoms with Crippen LogP contribution in [0.15, 0.2) is 47.5 Å². The minimum Gasteiger partial charge on any atom is -0.495 e. The van der Waals surface area contributed by atoms with E-state index < -0.39 is 5.97 Å². The van der Waals surface area contributed by atoms with Crippen LogP contribution in [0.1, 0.15) is 15.9 Å². The summed E-state index contributed by atoms with van der Waals surface area (Å²) in [5.74, 6) is 0.696. The fraction of sp³-hybridized carbons (Fsp3) is 0.263. The SMILES string of the molecule is COc1cc(C=Nc2cccc(C(=O)O)c2)ccc1N(CCCl)CCCl.Cl. The maximum Gasteiger partial charge on any atom is 0.335 e. The molecule has 0 aliphatic heterocycles. The molecule has 1 N–H and O–H groups in total. The molecule has 0 saturated carbocycles. The van der Waals surface area contributed by atoms with Gasteiger partial charge < -0.3 is 14.7 Å². The molecule has 0 fully saturated rings. The van der Waals surface area contributed by atoms with E-state index in [0.717, 1.165) is 11.3 Å². The predicted molar refractivity (Wildman–Crippen MR) is 115 cm³/mol. The van der Waals surface area contributed by atoms with E-state index in [0.29, 0.717) is 36.3 Å². The molecule has 0 aliphatic carbocycles. The fourth-order valence-electron chi connectivity index (χ4n) is 2.46. The third-order valence-electron chi connectivity index (χ3n) is 3.71. The lowest BCUT2D eigenvalue weighted by atomic mass is 10.1. The lowest BCUT2D eigenvalue weighted by Gasteiger charge is -2.25. The summed E-state index contributed by atoms with van der Waals surface area (Å²) in [5.41, 5.74) is 2.52. The van der Waals surface area contributed by atoms with Crippen LogP contribution in [0.2, 0.25) is 0 Å². The van der Waals surface area contributed by atoms with Crippen LogP contribution in [0.25, 0.3) is 0 Å². The summed E-state index contributed by atoms with van der Waals surface area (Å²) in [4.78, 5) is 17.4. The Hall–Kier alpha value is -1.95. The normalized spacial score (nSPS) is 10.5. The van der Waals surface area contributed by atoms with Gasteiger partial charge >= 0.3 is 5.97 Å². The number of hydrogen-bond acceptors (Lipinski definition) is 4. The number of carboxylic acid groups (broad SMARTS) is 1. The molecule has 2 aromatic carbocycles. The van der Waals surface area contributed by atoms with E-state index in [1.165, 1.54) is 12.1 Å². The van der Waals surface area contributed by atoms with E-state index in [-0.39, 0.29) is 18.0 Å². The Balaban J connectivity index is 0.00000364. The summed E-state index contributed by atoms with van der Waals surface area (Å²) in [6, 6.07) is 12.2. The first-order valence-electron chi connectivity index (χ1n) is 8.01. The van der Waals surface area contributed by atoms with Crippen molar-refractivity contribution in [1.29, 1.82) is 0 Å². The molecule has 0 spiro atoms. The Morgan fingerprint density at radius 1 is 1.19 bits per heavy atom. The van der Waals surface area contributed by atoms with E-state index in [1.54, 1.807) is 25.5 Å². The third kappa shape index (κ3) is 6.61. The number of nitrogens with zero attached hydrogens (tertiary/aromatic N) is 2. The first-order valence-corrected chi connectivity index (χ1v) is 9.08. The number of aromatic carboxylic acids is 1. The smallest absolute Gasteiger partial charge is 0.335 e. The number of carboxylic acids is 1. The second kappa shape index (κ2) is 11.7. The predicted octanol–water partition coefficient (Wildman–Crippen LogP) is 4.85. The molecule has 146 valence electrons. The molecule has 2 rings (SSSR count). The Labute approximate surface area is 175 Å². The molecular formula is C19H21Cl3N2O3. The highest BCUT2D eigenvalue weighted by Crippen LogP contribution is 2.29. The molecular weight excluding hydrogens is 411 g/mol. The topological polar surface area (TPSA) is 62.1 Å². The maximum atomic E-state index is 11.0. The summed E-state index contributed by atoms with van der Waals surface area (Å²) in [7, 11) is 1.61. The van der Waals surface area contributed by atoms with E-state index >= 15 is 0 Å². The van der Waals surface area contributed by atoms with E-state index in [4.69, 9.17) is 33.0 Å². The monoisotopic (exact) mass is 430 g/mol. The molecule has 5 nitrogen and oxygen atoms in total. The van der Waals surface area contributed by atoms with Gasteiger partial charge in [0.2, 0.25) is 0 Å². The second-order valence-electron chi connectivity index (χ2n) is 5.41. The van der Waals surface area contributed by atoms with E-state index in [1.807, 2.05) is 18.2 Å². The molecule has 0 heterocycles. The van der Waals surface area contributed by atoms with Crippen molar-refractivity contribution in [3.8, 4) is 5.75 Å². The third-order valence-corrected chi connectivity index (χ3v) is 4.05. The Morgan fingerprint density at radius 3 is 2.48 bits per heavy atom. The van der Waals surface area contributed by atoms with Crippen LogP contribution < -0.4 is 9.64 Å². The summed E-state index contributed by atoms with van der Waals surface area (Å²) >= 11 is 11.7. The van der Waals surface area contributed by atoms with Gasteiger partial charge in [-0.3, -0.25) is 4.99 Å². The summed E-state index contributed by atoms with van der Waals surface area (Å²) in [6.45, 7) is 1.33. The largest absolute Gasteiger partial charge is 0.495 e. The average Bonchev–Trinajstić information content (AvgIpc) is 2.66. The summed E-state index contributed by atoms with van der Waals surface area (Å²) < 4.78 is 5.50. The zero-order chi connectivity index (χ0) is 18.9. The number of halogens is 3. The lowest BCUT2D eigenvalue weighted by Crippen LogP contribution is -2.28. The molecule has 0 atom stereocenters. The van der Waals surface area contributed by atoms with Crippen molar-refractivity contribution in [3.63, 3.8) is 0 Å². The van der Waals surface area contributed by atoms with Crippen LogP contribution in [0.4, 0.5) is 11.4 Å². The molecule has 0 amide bonds. The van der Waals surface area contributed by atoms with Gasteiger partial charge in [-0.2, -0.15) is 0 Å². The summed E-state index contributed by atoms with van der Waals surface area (Å²) in [5, 5.41) is 9.04. The minimum atomic E-state index is -0.980. The Bertz CT molecular complexity index is 779. The standard InChI is InChI=1S/C19H20Cl2N2O3.ClH/c1-26-18-11-14(5-6-17(18)23(9-7-20)10-8-21)13-22-16-4-2-3-15(12-16)19(24)25;/h2-6,11-13H,7-10H2,1H3,(H,24,25);1H. The minimum absolute atomic E-state index is 0. The van der Waals surface area contributed by atoms with Crippen molar-refractivity contribution < 1.29 is 14.6 Å². The highest BCUT2D eigenvalue weighted by Gasteiger charge is 2.11. The van der Waals surface area contributed by atoms with Gasteiger partial charge in [0.1, 0.15) is 5.75 Å². The first kappa shape index (κ1) is 23.1. The number of methoxy groups -OCH3 is 1. The van der Waals surface area contributed by atoms with Crippen molar-refractivity contribution in [3.05, 3.63) is 53.6 Å². The van der Waals surface area contributed by atoms with Crippen LogP contribution >= 0.6 is 35.6 Å². The van der Waals surface area contributed by atoms with Gasteiger partial charge in [-0.15, -0.1) is 35.6 Å². The number of ether oxygens (including phenoxy) is 1. The Kier molecular flexibility index (Phi) is 10.0. The van der Waals surface area contributed by atoms with Crippen LogP contribution in [0.5, 0.6) is 5.75 Å². The highest BCUT2D eigenvalue weighted by molar-refractivity contribution is 6.18. The van der Waals surface area contributed by atoms with Crippen molar-refractivity contribution in [2.75, 3.05) is 36.9 Å². The summed E-state index contributed by atoms with van der Waals surface area (Å²) in [6.07, 6.45) is 1.67. The molecule has 0 radical (unpaired) electrons. The molecule has 0 unspecified atom stereocenters. The maximum absolute atomic E-state index is 11.0. The number of hydrogen-bond donors (Lipinski definition) is 1. The molecule has 0 aromatic heterocycles. The van der Waals surface area contributed by atoms with Gasteiger partial charge in [0.25, 0.3) is 0 Å². The molecule has 8 heteroatoms. The molecule has 2 aromatic rings. The number of anilines is 1. The van der Waals surface area contributed by atoms with Gasteiger partial charge in [-0.1, -0.05) is 12.1 Å². The molecule has 0 aliphatic rings. The van der Waals surface area contributed by atoms with Crippen LogP contribution in [-0.4, -0.2) is 49.2 Å². The second-order valence-corrected chi connectivity index (χ2v) is 6.17. The number of alkyl halides is 2. The van der Waals surface area contributed by atoms with Gasteiger partial charge in [0.15, 0.2) is 0 Å². The van der Waals surface area contributed by atoms with Crippen molar-refractivity contribution in [2.45, 2.75) is 0 Å². The van der Waals surface area contributed by atoms with Gasteiger partial charge in [-0.05, 0) is 35.9 Å². The number of benzene rings is 2. The first-order chi connectivity index (χ1) is 12.6. The van der Waals surface area contributed by atoms with Crippen molar-refractivity contribution >= 4 is 59.2 Å². The van der Waals surface area contributed by atoms with Gasteiger partial charge in [0, 0.05) is 31.1 Å². The van der Waals surface area contributed by atoms with E-state index in [2.05, 4.69) is 9.89 Å². The molecule has 0 saturated heterocycles. The van der Waals surface area contributed by atoms with Gasteiger partial charge in [0.05, 0.1) is 24.0 Å². The molecule has 0 bridgehead atoms. The van der Waals surface area contributed by atoms with Gasteiger partial charge in [-0.25, -0.2) is 4.79 Å².